The minimum Gasteiger partial charge on any atom is -0.456 e. The van der Waals surface area contributed by atoms with Gasteiger partial charge in [-0.1, -0.05) is 125 Å². The zero-order chi connectivity index (χ0) is 39.2. The predicted molar refractivity (Wildman–Crippen MR) is 238 cm³/mol. The molecule has 0 aliphatic carbocycles. The van der Waals surface area contributed by atoms with Crippen molar-refractivity contribution in [1.29, 1.82) is 0 Å². The zero-order valence-electron chi connectivity index (χ0n) is 34.7. The maximum absolute atomic E-state index is 7.07. The second kappa shape index (κ2) is 11.6. The van der Waals surface area contributed by atoms with Crippen LogP contribution in [0.5, 0.6) is 11.5 Å². The third kappa shape index (κ3) is 5.12. The van der Waals surface area contributed by atoms with Gasteiger partial charge in [-0.05, 0) is 109 Å². The van der Waals surface area contributed by atoms with Crippen LogP contribution < -0.4 is 25.4 Å². The Hall–Kier alpha value is -5.42. The van der Waals surface area contributed by atoms with E-state index in [-0.39, 0.29) is 23.1 Å². The molecule has 0 unspecified atom stereocenters. The summed E-state index contributed by atoms with van der Waals surface area (Å²) in [6.07, 6.45) is 0. The Bertz CT molecular complexity index is 2770. The summed E-state index contributed by atoms with van der Waals surface area (Å²) < 4.78 is 13.7. The molecule has 3 aliphatic rings. The number of hydrogen-bond donors (Lipinski definition) is 0. The number of fused-ring (bicyclic) bond motifs is 9. The largest absolute Gasteiger partial charge is 0.456 e. The van der Waals surface area contributed by atoms with Crippen LogP contribution in [-0.2, 0) is 16.2 Å². The fourth-order valence-corrected chi connectivity index (χ4v) is 9.16. The van der Waals surface area contributed by atoms with Gasteiger partial charge >= 0.3 is 6.85 Å². The lowest BCUT2D eigenvalue weighted by molar-refractivity contribution is 0.473. The van der Waals surface area contributed by atoms with E-state index in [2.05, 4.69) is 189 Å². The summed E-state index contributed by atoms with van der Waals surface area (Å²) >= 11 is 0. The molecule has 0 spiro atoms. The van der Waals surface area contributed by atoms with Crippen LogP contribution in [-0.4, -0.2) is 6.85 Å². The Morgan fingerprint density at radius 2 is 1.25 bits per heavy atom. The third-order valence-corrected chi connectivity index (χ3v) is 12.5. The number of anilines is 5. The normalized spacial score (nSPS) is 14.5. The Kier molecular flexibility index (Phi) is 7.24. The molecule has 10 rings (SSSR count). The summed E-state index contributed by atoms with van der Waals surface area (Å²) in [5.74, 6) is 2.16. The first-order chi connectivity index (χ1) is 26.5. The van der Waals surface area contributed by atoms with Gasteiger partial charge in [0.25, 0.3) is 0 Å². The topological polar surface area (TPSA) is 28.9 Å². The molecule has 5 heteroatoms. The Morgan fingerprint density at radius 1 is 0.554 bits per heavy atom. The van der Waals surface area contributed by atoms with E-state index in [9.17, 15) is 0 Å². The van der Waals surface area contributed by atoms with Crippen molar-refractivity contribution in [2.75, 3.05) is 9.71 Å². The van der Waals surface area contributed by atoms with Crippen molar-refractivity contribution < 1.29 is 9.15 Å². The average molecular weight is 735 g/mol. The van der Waals surface area contributed by atoms with Crippen molar-refractivity contribution >= 4 is 68.1 Å². The summed E-state index contributed by atoms with van der Waals surface area (Å²) in [7, 11) is 0. The predicted octanol–water partition coefficient (Wildman–Crippen LogP) is 13.4. The molecule has 0 fully saturated rings. The van der Waals surface area contributed by atoms with Crippen molar-refractivity contribution in [2.24, 2.45) is 0 Å². The maximum atomic E-state index is 7.07. The van der Waals surface area contributed by atoms with Gasteiger partial charge in [0.15, 0.2) is 5.75 Å². The van der Waals surface area contributed by atoms with E-state index in [1.165, 1.54) is 50.0 Å². The Morgan fingerprint density at radius 3 is 1.95 bits per heavy atom. The maximum Gasteiger partial charge on any atom is 0.333 e. The Labute approximate surface area is 332 Å². The van der Waals surface area contributed by atoms with Crippen LogP contribution in [0.1, 0.15) is 104 Å². The van der Waals surface area contributed by atoms with Crippen LogP contribution in [0.15, 0.2) is 108 Å². The first-order valence-corrected chi connectivity index (χ1v) is 20.3. The summed E-state index contributed by atoms with van der Waals surface area (Å²) in [6.45, 7) is 25.1. The molecule has 7 aromatic rings. The van der Waals surface area contributed by atoms with Gasteiger partial charge in [-0.3, -0.25) is 0 Å². The summed E-state index contributed by atoms with van der Waals surface area (Å²) in [6, 6.07) is 39.0. The van der Waals surface area contributed by atoms with E-state index in [1.54, 1.807) is 0 Å². The number of ether oxygens (including phenoxy) is 1. The lowest BCUT2D eigenvalue weighted by atomic mass is 9.43. The highest BCUT2D eigenvalue weighted by Crippen LogP contribution is 2.57. The van der Waals surface area contributed by atoms with E-state index in [1.807, 2.05) is 0 Å². The minimum absolute atomic E-state index is 0.0247. The molecule has 280 valence electrons. The summed E-state index contributed by atoms with van der Waals surface area (Å²) in [4.78, 5) is 5.12. The number of rotatable bonds is 2. The van der Waals surface area contributed by atoms with Gasteiger partial charge in [-0.2, -0.15) is 0 Å². The standard InChI is InChI=1S/C51H51BN2O2/c1-29(2)30-22-38-37-24-33(51(9,10)11)25-42-47(37)52(54-40-21-18-32(50(6,7)8)26-45(40)56-46(23-30)48(38)54)39-27-36-35-14-12-13-15-43(35)55-44(36)28-41(39)53(42)34-19-16-31(17-20-34)49(3,4)5/h12-29H,1-11H3. The summed E-state index contributed by atoms with van der Waals surface area (Å²) in [5.41, 5.74) is 17.7. The van der Waals surface area contributed by atoms with Crippen LogP contribution >= 0.6 is 0 Å². The monoisotopic (exact) mass is 734 g/mol. The first-order valence-electron chi connectivity index (χ1n) is 20.3. The van der Waals surface area contributed by atoms with Gasteiger partial charge in [-0.25, -0.2) is 0 Å². The van der Waals surface area contributed by atoms with E-state index >= 15 is 0 Å². The van der Waals surface area contributed by atoms with Gasteiger partial charge in [0.05, 0.1) is 11.4 Å². The molecular formula is C51H51BN2O2. The minimum atomic E-state index is -0.119. The molecular weight excluding hydrogens is 683 g/mol. The molecule has 56 heavy (non-hydrogen) atoms. The second-order valence-corrected chi connectivity index (χ2v) is 19.7. The number of hydrogen-bond acceptors (Lipinski definition) is 4. The van der Waals surface area contributed by atoms with Crippen molar-refractivity contribution in [1.82, 2.24) is 0 Å². The first kappa shape index (κ1) is 35.0. The fourth-order valence-electron chi connectivity index (χ4n) is 9.16. The quantitative estimate of drug-likeness (QED) is 0.165. The van der Waals surface area contributed by atoms with Gasteiger partial charge in [0.2, 0.25) is 0 Å². The van der Waals surface area contributed by atoms with E-state index in [4.69, 9.17) is 9.15 Å². The fraction of sp³-hybridized carbons (Fsp3) is 0.294. The van der Waals surface area contributed by atoms with E-state index < -0.39 is 0 Å². The number of para-hydroxylation sites is 1. The number of furan rings is 1. The van der Waals surface area contributed by atoms with Crippen LogP contribution in [0.4, 0.5) is 28.4 Å². The highest BCUT2D eigenvalue weighted by Gasteiger charge is 2.49. The van der Waals surface area contributed by atoms with Crippen molar-refractivity contribution in [3.8, 4) is 22.6 Å². The Balaban J connectivity index is 1.36. The summed E-state index contributed by atoms with van der Waals surface area (Å²) in [5, 5.41) is 2.27. The van der Waals surface area contributed by atoms with Gasteiger partial charge in [-0.15, -0.1) is 0 Å². The van der Waals surface area contributed by atoms with Crippen LogP contribution in [0.2, 0.25) is 0 Å². The van der Waals surface area contributed by atoms with Crippen LogP contribution in [0, 0.1) is 0 Å². The number of nitrogens with zero attached hydrogens (tertiary/aromatic N) is 2. The van der Waals surface area contributed by atoms with Gasteiger partial charge in [0.1, 0.15) is 16.9 Å². The third-order valence-electron chi connectivity index (χ3n) is 12.5. The van der Waals surface area contributed by atoms with Crippen molar-refractivity contribution in [2.45, 2.75) is 98.3 Å². The molecule has 4 nitrogen and oxygen atoms in total. The average Bonchev–Trinajstić information content (AvgIpc) is 3.50. The van der Waals surface area contributed by atoms with Crippen LogP contribution in [0.3, 0.4) is 0 Å². The molecule has 0 atom stereocenters. The highest BCUT2D eigenvalue weighted by molar-refractivity contribution is 6.94. The second-order valence-electron chi connectivity index (χ2n) is 19.7. The van der Waals surface area contributed by atoms with Crippen molar-refractivity contribution in [3.05, 3.63) is 125 Å². The van der Waals surface area contributed by atoms with Gasteiger partial charge in [0, 0.05) is 39.5 Å². The van der Waals surface area contributed by atoms with Gasteiger partial charge < -0.3 is 18.9 Å². The molecule has 0 saturated carbocycles. The molecule has 0 bridgehead atoms. The molecule has 1 aromatic heterocycles. The van der Waals surface area contributed by atoms with E-state index in [0.29, 0.717) is 5.92 Å². The molecule has 0 amide bonds. The van der Waals surface area contributed by atoms with Crippen LogP contribution in [0.25, 0.3) is 33.1 Å². The lowest BCUT2D eigenvalue weighted by Crippen LogP contribution is -2.62. The van der Waals surface area contributed by atoms with Crippen molar-refractivity contribution in [3.63, 3.8) is 0 Å². The molecule has 0 saturated heterocycles. The van der Waals surface area contributed by atoms with E-state index in [0.717, 1.165) is 56.2 Å². The number of benzene rings is 6. The zero-order valence-corrected chi connectivity index (χ0v) is 34.7. The molecule has 4 heterocycles. The molecule has 6 aromatic carbocycles. The highest BCUT2D eigenvalue weighted by atomic mass is 16.5. The molecule has 0 radical (unpaired) electrons. The molecule has 3 aliphatic heterocycles. The lowest BCUT2D eigenvalue weighted by Gasteiger charge is -2.48. The SMILES string of the molecule is CC(C)c1cc2c3c(c1)-c1cc(C(C)(C)C)cc4c1B(c1cc5c(cc1N4c1ccc(C(C)(C)C)cc1)oc1ccccc15)N3c1ccc(C(C)(C)C)cc1O2. The smallest absolute Gasteiger partial charge is 0.333 e. The molecule has 0 N–H and O–H groups in total.